The zero-order chi connectivity index (χ0) is 20.4. The molecule has 29 heavy (non-hydrogen) atoms. The average Bonchev–Trinajstić information content (AvgIpc) is 3.34. The minimum atomic E-state index is -0.214. The first-order valence-corrected chi connectivity index (χ1v) is 10.1. The van der Waals surface area contributed by atoms with Gasteiger partial charge in [-0.15, -0.1) is 0 Å². The van der Waals surface area contributed by atoms with E-state index < -0.39 is 0 Å². The summed E-state index contributed by atoms with van der Waals surface area (Å²) in [6.07, 6.45) is 1.46. The van der Waals surface area contributed by atoms with E-state index in [1.165, 1.54) is 0 Å². The minimum absolute atomic E-state index is 0.0282. The van der Waals surface area contributed by atoms with E-state index in [0.29, 0.717) is 37.7 Å². The Morgan fingerprint density at radius 2 is 2.00 bits per heavy atom. The zero-order valence-corrected chi connectivity index (χ0v) is 16.9. The highest BCUT2D eigenvalue weighted by Gasteiger charge is 2.40. The summed E-state index contributed by atoms with van der Waals surface area (Å²) >= 11 is 0. The van der Waals surface area contributed by atoms with Gasteiger partial charge in [0.25, 0.3) is 5.91 Å². The summed E-state index contributed by atoms with van der Waals surface area (Å²) in [5.74, 6) is 1.17. The largest absolute Gasteiger partial charge is 0.381 e. The summed E-state index contributed by atoms with van der Waals surface area (Å²) in [6.45, 7) is 5.96. The van der Waals surface area contributed by atoms with Crippen LogP contribution in [0, 0.1) is 19.8 Å². The monoisotopic (exact) mass is 397 g/mol. The molecule has 0 radical (unpaired) electrons. The van der Waals surface area contributed by atoms with Crippen molar-refractivity contribution in [1.29, 1.82) is 0 Å². The molecule has 1 aromatic heterocycles. The van der Waals surface area contributed by atoms with Crippen LogP contribution in [0.15, 0.2) is 24.3 Å². The molecular formula is C21H27N5O3. The van der Waals surface area contributed by atoms with Crippen molar-refractivity contribution in [3.8, 4) is 0 Å². The number of hydrogen-bond donors (Lipinski definition) is 2. The van der Waals surface area contributed by atoms with Crippen LogP contribution in [0.2, 0.25) is 0 Å². The molecule has 2 atom stereocenters. The Kier molecular flexibility index (Phi) is 5.62. The number of aromatic amines is 1. The van der Waals surface area contributed by atoms with Gasteiger partial charge in [0.2, 0.25) is 5.91 Å². The van der Waals surface area contributed by atoms with Crippen molar-refractivity contribution >= 4 is 11.8 Å². The van der Waals surface area contributed by atoms with Crippen LogP contribution in [0.5, 0.6) is 0 Å². The molecule has 2 saturated heterocycles. The molecule has 0 bridgehead atoms. The second kappa shape index (κ2) is 8.32. The molecule has 0 unspecified atom stereocenters. The lowest BCUT2D eigenvalue weighted by Gasteiger charge is -2.24. The molecule has 4 rings (SSSR count). The van der Waals surface area contributed by atoms with E-state index in [2.05, 4.69) is 20.5 Å². The summed E-state index contributed by atoms with van der Waals surface area (Å²) in [6, 6.07) is 7.36. The topological polar surface area (TPSA) is 100 Å². The van der Waals surface area contributed by atoms with E-state index in [0.717, 1.165) is 24.2 Å². The standard InChI is InChI=1S/C21H27N5O3/c1-13-4-3-5-16(10-13)21(28)26-11-17(19-22-14(2)24-25-19)18(12-26)23-20(27)15-6-8-29-9-7-15/h3-5,10,15,17-18H,6-9,11-12H2,1-2H3,(H,23,27)(H,22,24,25)/t17-,18-/m1/s1. The van der Waals surface area contributed by atoms with Crippen LogP contribution in [-0.4, -0.2) is 64.2 Å². The van der Waals surface area contributed by atoms with Crippen LogP contribution in [-0.2, 0) is 9.53 Å². The number of nitrogens with one attached hydrogen (secondary N) is 2. The van der Waals surface area contributed by atoms with Crippen molar-refractivity contribution in [2.45, 2.75) is 38.6 Å². The highest BCUT2D eigenvalue weighted by molar-refractivity contribution is 5.94. The lowest BCUT2D eigenvalue weighted by molar-refractivity contribution is -0.128. The highest BCUT2D eigenvalue weighted by atomic mass is 16.5. The number of rotatable bonds is 4. The first-order chi connectivity index (χ1) is 14.0. The van der Waals surface area contributed by atoms with Gasteiger partial charge in [-0.1, -0.05) is 17.7 Å². The molecule has 8 heteroatoms. The molecule has 0 spiro atoms. The first kappa shape index (κ1) is 19.6. The third-order valence-corrected chi connectivity index (χ3v) is 5.74. The van der Waals surface area contributed by atoms with Gasteiger partial charge in [-0.3, -0.25) is 14.7 Å². The van der Waals surface area contributed by atoms with Crippen molar-refractivity contribution in [2.75, 3.05) is 26.3 Å². The lowest BCUT2D eigenvalue weighted by Crippen LogP contribution is -2.44. The van der Waals surface area contributed by atoms with Gasteiger partial charge in [-0.05, 0) is 38.8 Å². The van der Waals surface area contributed by atoms with Crippen LogP contribution in [0.4, 0.5) is 0 Å². The molecule has 2 aromatic rings. The van der Waals surface area contributed by atoms with Crippen LogP contribution in [0.3, 0.4) is 0 Å². The smallest absolute Gasteiger partial charge is 0.253 e. The van der Waals surface area contributed by atoms with Crippen LogP contribution >= 0.6 is 0 Å². The Balaban J connectivity index is 1.52. The molecule has 2 aliphatic rings. The number of aryl methyl sites for hydroxylation is 2. The predicted molar refractivity (Wildman–Crippen MR) is 106 cm³/mol. The maximum atomic E-state index is 13.1. The van der Waals surface area contributed by atoms with Gasteiger partial charge < -0.3 is 15.0 Å². The highest BCUT2D eigenvalue weighted by Crippen LogP contribution is 2.28. The van der Waals surface area contributed by atoms with Crippen molar-refractivity contribution in [1.82, 2.24) is 25.4 Å². The second-order valence-electron chi connectivity index (χ2n) is 7.97. The summed E-state index contributed by atoms with van der Waals surface area (Å²) in [5.41, 5.74) is 1.70. The molecule has 0 aliphatic carbocycles. The van der Waals surface area contributed by atoms with Gasteiger partial charge in [0.1, 0.15) is 5.82 Å². The Morgan fingerprint density at radius 1 is 1.21 bits per heavy atom. The Bertz CT molecular complexity index is 890. The number of carbonyl (C=O) groups is 2. The van der Waals surface area contributed by atoms with E-state index in [1.807, 2.05) is 38.1 Å². The van der Waals surface area contributed by atoms with Crippen molar-refractivity contribution in [2.24, 2.45) is 5.92 Å². The lowest BCUT2D eigenvalue weighted by atomic mass is 9.97. The Morgan fingerprint density at radius 3 is 2.69 bits per heavy atom. The number of benzene rings is 1. The van der Waals surface area contributed by atoms with E-state index in [1.54, 1.807) is 4.90 Å². The molecule has 154 valence electrons. The zero-order valence-electron chi connectivity index (χ0n) is 16.9. The van der Waals surface area contributed by atoms with Crippen LogP contribution in [0.25, 0.3) is 0 Å². The number of amides is 2. The molecule has 1 aromatic carbocycles. The number of ether oxygens (including phenoxy) is 1. The maximum absolute atomic E-state index is 13.1. The average molecular weight is 397 g/mol. The van der Waals surface area contributed by atoms with Crippen molar-refractivity contribution in [3.63, 3.8) is 0 Å². The quantitative estimate of drug-likeness (QED) is 0.816. The second-order valence-corrected chi connectivity index (χ2v) is 7.97. The predicted octanol–water partition coefficient (Wildman–Crippen LogP) is 1.57. The van der Waals surface area contributed by atoms with Crippen LogP contribution in [0.1, 0.15) is 46.3 Å². The van der Waals surface area contributed by atoms with Gasteiger partial charge in [-0.2, -0.15) is 5.10 Å². The van der Waals surface area contributed by atoms with Gasteiger partial charge in [-0.25, -0.2) is 4.98 Å². The first-order valence-electron chi connectivity index (χ1n) is 10.1. The van der Waals surface area contributed by atoms with Gasteiger partial charge >= 0.3 is 0 Å². The molecule has 2 N–H and O–H groups in total. The summed E-state index contributed by atoms with van der Waals surface area (Å²) in [7, 11) is 0. The maximum Gasteiger partial charge on any atom is 0.253 e. The Labute approximate surface area is 170 Å². The number of hydrogen-bond acceptors (Lipinski definition) is 5. The van der Waals surface area contributed by atoms with Crippen molar-refractivity contribution < 1.29 is 14.3 Å². The number of H-pyrrole nitrogens is 1. The van der Waals surface area contributed by atoms with E-state index in [4.69, 9.17) is 4.74 Å². The van der Waals surface area contributed by atoms with Gasteiger partial charge in [0.15, 0.2) is 5.82 Å². The molecule has 8 nitrogen and oxygen atoms in total. The van der Waals surface area contributed by atoms with Crippen molar-refractivity contribution in [3.05, 3.63) is 47.0 Å². The third-order valence-electron chi connectivity index (χ3n) is 5.74. The molecule has 2 fully saturated rings. The van der Waals surface area contributed by atoms with Crippen LogP contribution < -0.4 is 5.32 Å². The fourth-order valence-electron chi connectivity index (χ4n) is 4.12. The third kappa shape index (κ3) is 4.32. The van der Waals surface area contributed by atoms with Gasteiger partial charge in [0, 0.05) is 37.8 Å². The molecule has 2 aliphatic heterocycles. The molecule has 2 amide bonds. The fraction of sp³-hybridized carbons (Fsp3) is 0.524. The Hall–Kier alpha value is -2.74. The number of carbonyl (C=O) groups excluding carboxylic acids is 2. The van der Waals surface area contributed by atoms with Gasteiger partial charge in [0.05, 0.1) is 12.0 Å². The number of likely N-dealkylation sites (tertiary alicyclic amines) is 1. The summed E-state index contributed by atoms with van der Waals surface area (Å²) < 4.78 is 5.36. The molecule has 3 heterocycles. The summed E-state index contributed by atoms with van der Waals surface area (Å²) in [5, 5.41) is 10.3. The van der Waals surface area contributed by atoms with E-state index in [-0.39, 0.29) is 29.7 Å². The normalized spacial score (nSPS) is 22.6. The fourth-order valence-corrected chi connectivity index (χ4v) is 4.12. The minimum Gasteiger partial charge on any atom is -0.381 e. The SMILES string of the molecule is Cc1cccc(C(=O)N2C[C@@H](NC(=O)C3CCOCC3)[C@H](c3n[nH]c(C)n3)C2)c1. The summed E-state index contributed by atoms with van der Waals surface area (Å²) in [4.78, 5) is 32.1. The number of nitrogens with zero attached hydrogens (tertiary/aromatic N) is 3. The van der Waals surface area contributed by atoms with E-state index >= 15 is 0 Å². The molecule has 0 saturated carbocycles. The number of aromatic nitrogens is 3. The van der Waals surface area contributed by atoms with E-state index in [9.17, 15) is 9.59 Å². The molecular weight excluding hydrogens is 370 g/mol.